The Morgan fingerprint density at radius 3 is 2.70 bits per heavy atom. The van der Waals surface area contributed by atoms with E-state index in [0.29, 0.717) is 41.9 Å². The second kappa shape index (κ2) is 9.82. The fourth-order valence-electron chi connectivity index (χ4n) is 4.19. The van der Waals surface area contributed by atoms with Gasteiger partial charge in [-0.15, -0.1) is 11.3 Å². The van der Waals surface area contributed by atoms with Crippen molar-refractivity contribution in [2.75, 3.05) is 18.4 Å². The summed E-state index contributed by atoms with van der Waals surface area (Å²) in [6.07, 6.45) is 1.14. The lowest BCUT2D eigenvalue weighted by molar-refractivity contribution is -0.384. The van der Waals surface area contributed by atoms with Crippen LogP contribution in [0.5, 0.6) is 0 Å². The maximum Gasteiger partial charge on any atom is 0.276 e. The molecule has 14 heteroatoms. The van der Waals surface area contributed by atoms with Crippen LogP contribution >= 0.6 is 22.9 Å². The predicted molar refractivity (Wildman–Crippen MR) is 140 cm³/mol. The Labute approximate surface area is 220 Å². The standard InChI is InChI=1S/C23H21ClN6O5S2/c1-13-2-4-16(11-18(13)24)37(34,35)29-8-6-14(7-9-29)23-25-20(12-36-23)22(31)26-21-17-10-15(30(32)33)3-5-19(17)27-28-21/h2-5,10-12,14H,6-9H2,1H3,(H2,26,27,28,31). The Morgan fingerprint density at radius 2 is 2.00 bits per heavy atom. The van der Waals surface area contributed by atoms with Crippen molar-refractivity contribution >= 4 is 61.3 Å². The van der Waals surface area contributed by atoms with E-state index in [1.807, 2.05) is 6.92 Å². The first-order valence-electron chi connectivity index (χ1n) is 11.3. The average Bonchev–Trinajstić information content (AvgIpc) is 3.53. The van der Waals surface area contributed by atoms with E-state index in [2.05, 4.69) is 20.5 Å². The summed E-state index contributed by atoms with van der Waals surface area (Å²) < 4.78 is 27.5. The summed E-state index contributed by atoms with van der Waals surface area (Å²) in [6, 6.07) is 8.95. The van der Waals surface area contributed by atoms with Crippen LogP contribution in [0, 0.1) is 17.0 Å². The van der Waals surface area contributed by atoms with Crippen molar-refractivity contribution in [1.82, 2.24) is 19.5 Å². The van der Waals surface area contributed by atoms with Crippen LogP contribution in [0.25, 0.3) is 10.9 Å². The number of nitrogens with zero attached hydrogens (tertiary/aromatic N) is 4. The molecule has 0 aliphatic carbocycles. The number of halogens is 1. The molecule has 11 nitrogen and oxygen atoms in total. The van der Waals surface area contributed by atoms with Crippen LogP contribution in [0.15, 0.2) is 46.7 Å². The van der Waals surface area contributed by atoms with E-state index >= 15 is 0 Å². The minimum Gasteiger partial charge on any atom is -0.303 e. The molecule has 192 valence electrons. The van der Waals surface area contributed by atoms with Crippen LogP contribution in [-0.4, -0.2) is 51.8 Å². The van der Waals surface area contributed by atoms with Gasteiger partial charge < -0.3 is 5.32 Å². The van der Waals surface area contributed by atoms with Gasteiger partial charge in [0.05, 0.1) is 25.7 Å². The predicted octanol–water partition coefficient (Wildman–Crippen LogP) is 4.71. The number of H-pyrrole nitrogens is 1. The first kappa shape index (κ1) is 25.3. The third kappa shape index (κ3) is 4.94. The zero-order valence-electron chi connectivity index (χ0n) is 19.5. The fourth-order valence-corrected chi connectivity index (χ4v) is 6.90. The van der Waals surface area contributed by atoms with E-state index in [4.69, 9.17) is 11.6 Å². The minimum atomic E-state index is -3.65. The van der Waals surface area contributed by atoms with Gasteiger partial charge in [0.25, 0.3) is 11.6 Å². The fraction of sp³-hybridized carbons (Fsp3) is 0.261. The van der Waals surface area contributed by atoms with E-state index < -0.39 is 20.9 Å². The Morgan fingerprint density at radius 1 is 1.24 bits per heavy atom. The van der Waals surface area contributed by atoms with E-state index in [0.717, 1.165) is 10.6 Å². The van der Waals surface area contributed by atoms with Crippen molar-refractivity contribution in [1.29, 1.82) is 0 Å². The first-order valence-corrected chi connectivity index (χ1v) is 14.0. The summed E-state index contributed by atoms with van der Waals surface area (Å²) in [6.45, 7) is 2.48. The molecule has 2 aromatic heterocycles. The molecule has 37 heavy (non-hydrogen) atoms. The van der Waals surface area contributed by atoms with Crippen LogP contribution in [0.1, 0.15) is 39.8 Å². The highest BCUT2D eigenvalue weighted by Gasteiger charge is 2.31. The second-order valence-corrected chi connectivity index (χ2v) is 11.9. The molecule has 1 saturated heterocycles. The number of thiazole rings is 1. The number of fused-ring (bicyclic) bond motifs is 1. The molecular weight excluding hydrogens is 540 g/mol. The number of nitro groups is 1. The Hall–Kier alpha value is -3.39. The minimum absolute atomic E-state index is 0.0217. The van der Waals surface area contributed by atoms with Crippen LogP contribution in [-0.2, 0) is 10.0 Å². The summed E-state index contributed by atoms with van der Waals surface area (Å²) in [5.74, 6) is -0.292. The number of non-ortho nitro benzene ring substituents is 1. The van der Waals surface area contributed by atoms with Crippen LogP contribution < -0.4 is 5.32 Å². The normalized spacial score (nSPS) is 15.2. The highest BCUT2D eigenvalue weighted by atomic mass is 35.5. The number of nitro benzene ring substituents is 1. The summed E-state index contributed by atoms with van der Waals surface area (Å²) in [5, 5.41) is 23.7. The maximum atomic E-state index is 13.0. The van der Waals surface area contributed by atoms with Crippen molar-refractivity contribution in [2.24, 2.45) is 0 Å². The van der Waals surface area contributed by atoms with E-state index in [9.17, 15) is 23.3 Å². The number of benzene rings is 2. The molecule has 1 fully saturated rings. The number of aryl methyl sites for hydroxylation is 1. The van der Waals surface area contributed by atoms with E-state index in [1.54, 1.807) is 17.5 Å². The highest BCUT2D eigenvalue weighted by molar-refractivity contribution is 7.89. The number of carbonyl (C=O) groups is 1. The van der Waals surface area contributed by atoms with Gasteiger partial charge in [0, 0.05) is 41.5 Å². The number of carbonyl (C=O) groups excluding carboxylic acids is 1. The van der Waals surface area contributed by atoms with Crippen LogP contribution in [0.4, 0.5) is 11.5 Å². The number of aromatic nitrogens is 3. The van der Waals surface area contributed by atoms with Gasteiger partial charge in [-0.3, -0.25) is 20.0 Å². The average molecular weight is 561 g/mol. The molecule has 0 atom stereocenters. The third-order valence-electron chi connectivity index (χ3n) is 6.33. The number of rotatable bonds is 6. The lowest BCUT2D eigenvalue weighted by atomic mass is 9.99. The lowest BCUT2D eigenvalue weighted by Crippen LogP contribution is -2.37. The van der Waals surface area contributed by atoms with E-state index in [1.165, 1.54) is 39.9 Å². The molecule has 2 aromatic carbocycles. The lowest BCUT2D eigenvalue weighted by Gasteiger charge is -2.30. The van der Waals surface area contributed by atoms with Gasteiger partial charge in [-0.05, 0) is 43.5 Å². The molecule has 4 aromatic rings. The van der Waals surface area contributed by atoms with Gasteiger partial charge in [0.2, 0.25) is 10.0 Å². The number of hydrogen-bond donors (Lipinski definition) is 2. The molecule has 0 saturated carbocycles. The summed E-state index contributed by atoms with van der Waals surface area (Å²) in [5.41, 5.74) is 1.45. The van der Waals surface area contributed by atoms with Crippen molar-refractivity contribution in [3.8, 4) is 0 Å². The van der Waals surface area contributed by atoms with Crippen molar-refractivity contribution in [3.05, 3.63) is 73.2 Å². The largest absolute Gasteiger partial charge is 0.303 e. The summed E-state index contributed by atoms with van der Waals surface area (Å²) >= 11 is 7.47. The van der Waals surface area contributed by atoms with Gasteiger partial charge in [-0.25, -0.2) is 13.4 Å². The Balaban J connectivity index is 1.25. The molecular formula is C23H21ClN6O5S2. The quantitative estimate of drug-likeness (QED) is 0.256. The monoisotopic (exact) mass is 560 g/mol. The van der Waals surface area contributed by atoms with Gasteiger partial charge in [-0.1, -0.05) is 17.7 Å². The van der Waals surface area contributed by atoms with Crippen LogP contribution in [0.3, 0.4) is 0 Å². The molecule has 1 amide bonds. The van der Waals surface area contributed by atoms with Gasteiger partial charge in [0.15, 0.2) is 5.82 Å². The van der Waals surface area contributed by atoms with Crippen molar-refractivity contribution < 1.29 is 18.1 Å². The second-order valence-electron chi connectivity index (χ2n) is 8.67. The van der Waals surface area contributed by atoms with E-state index in [-0.39, 0.29) is 28.0 Å². The number of amides is 1. The number of nitrogens with one attached hydrogen (secondary N) is 2. The maximum absolute atomic E-state index is 13.0. The SMILES string of the molecule is Cc1ccc(S(=O)(=O)N2CCC(c3nc(C(=O)Nc4n[nH]c5ccc([N+](=O)[O-])cc45)cs3)CC2)cc1Cl. The molecule has 2 N–H and O–H groups in total. The zero-order valence-corrected chi connectivity index (χ0v) is 21.9. The summed E-state index contributed by atoms with van der Waals surface area (Å²) in [7, 11) is -3.65. The number of aromatic amines is 1. The topological polar surface area (TPSA) is 151 Å². The molecule has 1 aliphatic heterocycles. The van der Waals surface area contributed by atoms with Gasteiger partial charge in [-0.2, -0.15) is 9.40 Å². The zero-order chi connectivity index (χ0) is 26.3. The number of piperidine rings is 1. The molecule has 1 aliphatic rings. The summed E-state index contributed by atoms with van der Waals surface area (Å²) in [4.78, 5) is 28.0. The van der Waals surface area contributed by atoms with Crippen molar-refractivity contribution in [3.63, 3.8) is 0 Å². The van der Waals surface area contributed by atoms with Gasteiger partial charge in [0.1, 0.15) is 5.69 Å². The molecule has 0 radical (unpaired) electrons. The molecule has 3 heterocycles. The Kier molecular flexibility index (Phi) is 6.70. The van der Waals surface area contributed by atoms with Gasteiger partial charge >= 0.3 is 0 Å². The smallest absolute Gasteiger partial charge is 0.276 e. The number of anilines is 1. The Bertz CT molecular complexity index is 1630. The molecule has 0 spiro atoms. The molecule has 5 rings (SSSR count). The molecule has 0 unspecified atom stereocenters. The van der Waals surface area contributed by atoms with Crippen LogP contribution in [0.2, 0.25) is 5.02 Å². The van der Waals surface area contributed by atoms with Crippen molar-refractivity contribution in [2.45, 2.75) is 30.6 Å². The number of hydrogen-bond acceptors (Lipinski definition) is 8. The molecule has 0 bridgehead atoms. The highest BCUT2D eigenvalue weighted by Crippen LogP contribution is 2.33. The number of sulfonamides is 1. The first-order chi connectivity index (χ1) is 17.6. The third-order valence-corrected chi connectivity index (χ3v) is 9.64.